The van der Waals surface area contributed by atoms with E-state index in [1.165, 1.54) is 44.9 Å². The van der Waals surface area contributed by atoms with Crippen molar-refractivity contribution in [1.82, 2.24) is 0 Å². The second kappa shape index (κ2) is 44.5. The van der Waals surface area contributed by atoms with Crippen molar-refractivity contribution in [2.24, 2.45) is 0 Å². The van der Waals surface area contributed by atoms with Gasteiger partial charge in [0.1, 0.15) is 6.61 Å². The number of carbonyl (C=O) groups is 2. The first kappa shape index (κ1) is 51.1. The van der Waals surface area contributed by atoms with Crippen LogP contribution in [0.5, 0.6) is 0 Å². The number of carbonyl (C=O) groups excluding carboxylic acids is 2. The van der Waals surface area contributed by atoms with Crippen molar-refractivity contribution in [2.75, 3.05) is 19.8 Å². The van der Waals surface area contributed by atoms with Gasteiger partial charge in [0.25, 0.3) is 0 Å². The van der Waals surface area contributed by atoms with Crippen LogP contribution in [0.4, 0.5) is 0 Å². The van der Waals surface area contributed by atoms with E-state index in [1.54, 1.807) is 0 Å². The quantitative estimate of drug-likeness (QED) is 0.0356. The number of hydrogen-bond acceptors (Lipinski definition) is 5. The second-order valence-corrected chi connectivity index (χ2v) is 14.2. The summed E-state index contributed by atoms with van der Waals surface area (Å²) in [6.07, 6.45) is 57.5. The van der Waals surface area contributed by atoms with Gasteiger partial charge in [-0.2, -0.15) is 0 Å². The lowest BCUT2D eigenvalue weighted by Crippen LogP contribution is -2.30. The van der Waals surface area contributed by atoms with E-state index in [1.807, 2.05) is 0 Å². The van der Waals surface area contributed by atoms with E-state index in [-0.39, 0.29) is 25.2 Å². The third kappa shape index (κ3) is 41.8. The molecule has 0 aromatic heterocycles. The Kier molecular flexibility index (Phi) is 42.1. The second-order valence-electron chi connectivity index (χ2n) is 14.2. The number of esters is 2. The first-order valence-electron chi connectivity index (χ1n) is 22.1. The van der Waals surface area contributed by atoms with Crippen LogP contribution in [0.3, 0.4) is 0 Å². The Hall–Kier alpha value is -2.92. The molecule has 0 bridgehead atoms. The first-order chi connectivity index (χ1) is 26.6. The molecule has 0 aromatic rings. The van der Waals surface area contributed by atoms with Crippen LogP contribution in [0.2, 0.25) is 0 Å². The van der Waals surface area contributed by atoms with Gasteiger partial charge in [0.2, 0.25) is 0 Å². The van der Waals surface area contributed by atoms with Crippen molar-refractivity contribution in [1.29, 1.82) is 0 Å². The zero-order valence-corrected chi connectivity index (χ0v) is 35.2. The van der Waals surface area contributed by atoms with E-state index in [4.69, 9.17) is 14.2 Å². The van der Waals surface area contributed by atoms with Crippen molar-refractivity contribution >= 4 is 11.9 Å². The SMILES string of the molecule is CC/C=C\C/C=C\C/C=C\C/C=C\CCCCCCCCC(=O)OCC(COCCCCCC/C=C\C/C=C\C/C=C\CC)OC(=O)CCCCCCC. The van der Waals surface area contributed by atoms with Crippen LogP contribution in [0, 0.1) is 0 Å². The van der Waals surface area contributed by atoms with Gasteiger partial charge in [-0.15, -0.1) is 0 Å². The molecule has 308 valence electrons. The molecule has 1 atom stereocenters. The van der Waals surface area contributed by atoms with Crippen molar-refractivity contribution in [3.63, 3.8) is 0 Å². The number of allylic oxidation sites excluding steroid dienone is 14. The van der Waals surface area contributed by atoms with Gasteiger partial charge in [-0.05, 0) is 89.9 Å². The van der Waals surface area contributed by atoms with E-state index < -0.39 is 6.10 Å². The Morgan fingerprint density at radius 2 is 0.833 bits per heavy atom. The van der Waals surface area contributed by atoms with Gasteiger partial charge in [-0.1, -0.05) is 170 Å². The molecule has 0 aliphatic heterocycles. The zero-order chi connectivity index (χ0) is 39.3. The van der Waals surface area contributed by atoms with E-state index >= 15 is 0 Å². The molecule has 0 rings (SSSR count). The van der Waals surface area contributed by atoms with Gasteiger partial charge in [0, 0.05) is 19.4 Å². The molecule has 0 spiro atoms. The topological polar surface area (TPSA) is 61.8 Å². The first-order valence-corrected chi connectivity index (χ1v) is 22.1. The predicted octanol–water partition coefficient (Wildman–Crippen LogP) is 14.6. The van der Waals surface area contributed by atoms with E-state index in [0.29, 0.717) is 19.4 Å². The van der Waals surface area contributed by atoms with Crippen LogP contribution in [-0.2, 0) is 23.8 Å². The highest BCUT2D eigenvalue weighted by Gasteiger charge is 2.17. The van der Waals surface area contributed by atoms with Crippen molar-refractivity contribution < 1.29 is 23.8 Å². The summed E-state index contributed by atoms with van der Waals surface area (Å²) in [5, 5.41) is 0. The van der Waals surface area contributed by atoms with Crippen molar-refractivity contribution in [2.45, 2.75) is 194 Å². The summed E-state index contributed by atoms with van der Waals surface area (Å²) in [6, 6.07) is 0. The zero-order valence-electron chi connectivity index (χ0n) is 35.2. The van der Waals surface area contributed by atoms with Gasteiger partial charge in [-0.3, -0.25) is 9.59 Å². The van der Waals surface area contributed by atoms with Gasteiger partial charge in [-0.25, -0.2) is 0 Å². The number of unbranched alkanes of at least 4 members (excludes halogenated alkanes) is 14. The molecule has 0 radical (unpaired) electrons. The molecule has 0 aromatic carbocycles. The molecular weight excluding hydrogens is 669 g/mol. The van der Waals surface area contributed by atoms with E-state index in [9.17, 15) is 9.59 Å². The van der Waals surface area contributed by atoms with Crippen molar-refractivity contribution in [3.8, 4) is 0 Å². The van der Waals surface area contributed by atoms with Crippen LogP contribution in [0.25, 0.3) is 0 Å². The molecule has 5 nitrogen and oxygen atoms in total. The molecule has 0 saturated heterocycles. The number of rotatable bonds is 39. The molecule has 54 heavy (non-hydrogen) atoms. The molecule has 0 fully saturated rings. The van der Waals surface area contributed by atoms with Crippen LogP contribution in [-0.4, -0.2) is 37.9 Å². The number of hydrogen-bond donors (Lipinski definition) is 0. The van der Waals surface area contributed by atoms with Crippen LogP contribution >= 0.6 is 0 Å². The number of ether oxygens (including phenoxy) is 3. The summed E-state index contributed by atoms with van der Waals surface area (Å²) in [7, 11) is 0. The third-order valence-corrected chi connectivity index (χ3v) is 8.93. The van der Waals surface area contributed by atoms with Gasteiger partial charge < -0.3 is 14.2 Å². The Morgan fingerprint density at radius 1 is 0.426 bits per heavy atom. The average Bonchev–Trinajstić information content (AvgIpc) is 3.17. The summed E-state index contributed by atoms with van der Waals surface area (Å²) < 4.78 is 17.1. The Balaban J connectivity index is 4.13. The van der Waals surface area contributed by atoms with Crippen LogP contribution in [0.15, 0.2) is 85.1 Å². The lowest BCUT2D eigenvalue weighted by atomic mass is 10.1. The summed E-state index contributed by atoms with van der Waals surface area (Å²) in [5.74, 6) is -0.445. The summed E-state index contributed by atoms with van der Waals surface area (Å²) >= 11 is 0. The fraction of sp³-hybridized carbons (Fsp3) is 0.673. The lowest BCUT2D eigenvalue weighted by molar-refractivity contribution is -0.163. The summed E-state index contributed by atoms with van der Waals surface area (Å²) in [6.45, 7) is 7.45. The maximum absolute atomic E-state index is 12.5. The molecule has 0 saturated carbocycles. The fourth-order valence-corrected chi connectivity index (χ4v) is 5.69. The minimum absolute atomic E-state index is 0.0642. The Bertz CT molecular complexity index is 1030. The van der Waals surface area contributed by atoms with E-state index in [2.05, 4.69) is 106 Å². The Morgan fingerprint density at radius 3 is 1.33 bits per heavy atom. The molecule has 0 N–H and O–H groups in total. The molecule has 0 aliphatic rings. The summed E-state index contributed by atoms with van der Waals surface area (Å²) in [4.78, 5) is 25.0. The molecule has 0 aliphatic carbocycles. The van der Waals surface area contributed by atoms with Crippen LogP contribution < -0.4 is 0 Å². The molecule has 5 heteroatoms. The molecular formula is C49H82O5. The molecule has 0 amide bonds. The highest BCUT2D eigenvalue weighted by molar-refractivity contribution is 5.70. The highest BCUT2D eigenvalue weighted by atomic mass is 16.6. The normalized spacial score (nSPS) is 13.0. The third-order valence-electron chi connectivity index (χ3n) is 8.93. The van der Waals surface area contributed by atoms with Crippen LogP contribution in [0.1, 0.15) is 188 Å². The highest BCUT2D eigenvalue weighted by Crippen LogP contribution is 2.12. The smallest absolute Gasteiger partial charge is 0.306 e. The minimum atomic E-state index is -0.552. The standard InChI is InChI=1S/C49H82O5/c1-4-7-10-13-15-17-19-21-23-24-25-26-27-28-30-32-34-37-39-42-48(50)53-46-47(54-49(51)43-40-36-12-9-6-3)45-52-44-41-38-35-33-31-29-22-20-18-16-14-11-8-5-2/h7-8,10-11,15-18,21-23,25-26,29,47H,4-6,9,12-14,19-20,24,27-28,30-46H2,1-3H3/b10-7-,11-8-,17-15-,18-16-,23-21-,26-25-,29-22-. The Labute approximate surface area is 333 Å². The average molecular weight is 751 g/mol. The van der Waals surface area contributed by atoms with Gasteiger partial charge in [0.15, 0.2) is 6.10 Å². The predicted molar refractivity (Wildman–Crippen MR) is 233 cm³/mol. The van der Waals surface area contributed by atoms with E-state index in [0.717, 1.165) is 109 Å². The minimum Gasteiger partial charge on any atom is -0.462 e. The maximum Gasteiger partial charge on any atom is 0.306 e. The lowest BCUT2D eigenvalue weighted by Gasteiger charge is -2.18. The summed E-state index contributed by atoms with van der Waals surface area (Å²) in [5.41, 5.74) is 0. The van der Waals surface area contributed by atoms with Gasteiger partial charge in [0.05, 0.1) is 6.61 Å². The molecule has 0 heterocycles. The van der Waals surface area contributed by atoms with Crippen molar-refractivity contribution in [3.05, 3.63) is 85.1 Å². The monoisotopic (exact) mass is 751 g/mol. The maximum atomic E-state index is 12.5. The van der Waals surface area contributed by atoms with Gasteiger partial charge >= 0.3 is 11.9 Å². The molecule has 1 unspecified atom stereocenters. The fourth-order valence-electron chi connectivity index (χ4n) is 5.69. The largest absolute Gasteiger partial charge is 0.462 e.